The lowest BCUT2D eigenvalue weighted by Gasteiger charge is -2.20. The van der Waals surface area contributed by atoms with Gasteiger partial charge in [0.1, 0.15) is 12.2 Å². The zero-order chi connectivity index (χ0) is 14.2. The number of halogens is 1. The van der Waals surface area contributed by atoms with Crippen LogP contribution in [-0.2, 0) is 19.0 Å². The first-order chi connectivity index (χ1) is 8.24. The number of esters is 1. The summed E-state index contributed by atoms with van der Waals surface area (Å²) in [5.74, 6) is -0.415. The number of alkyl carbamates (subject to hydrolysis) is 1. The summed E-state index contributed by atoms with van der Waals surface area (Å²) in [5, 5.41) is 2.56. The maximum absolute atomic E-state index is 11.3. The molecule has 1 N–H and O–H groups in total. The minimum Gasteiger partial charge on any atom is -0.464 e. The highest BCUT2D eigenvalue weighted by Crippen LogP contribution is 2.06. The SMILES string of the molecule is CCOC(=O)CO[C@@H](C)CNC(=O)OC(C)(C)C.Cl. The Morgan fingerprint density at radius 1 is 1.26 bits per heavy atom. The molecule has 0 aliphatic rings. The summed E-state index contributed by atoms with van der Waals surface area (Å²) in [4.78, 5) is 22.3. The number of nitrogens with one attached hydrogen (secondary N) is 1. The Labute approximate surface area is 120 Å². The van der Waals surface area contributed by atoms with Gasteiger partial charge in [-0.3, -0.25) is 0 Å². The molecule has 0 aliphatic heterocycles. The van der Waals surface area contributed by atoms with Crippen molar-refractivity contribution in [3.8, 4) is 0 Å². The largest absolute Gasteiger partial charge is 0.464 e. The van der Waals surface area contributed by atoms with E-state index in [1.54, 1.807) is 34.6 Å². The summed E-state index contributed by atoms with van der Waals surface area (Å²) >= 11 is 0. The third-order valence-corrected chi connectivity index (χ3v) is 1.72. The van der Waals surface area contributed by atoms with Crippen LogP contribution in [0.25, 0.3) is 0 Å². The highest BCUT2D eigenvalue weighted by molar-refractivity contribution is 5.85. The van der Waals surface area contributed by atoms with Crippen LogP contribution in [0.3, 0.4) is 0 Å². The molecule has 0 radical (unpaired) electrons. The van der Waals surface area contributed by atoms with E-state index < -0.39 is 17.7 Å². The number of carbonyl (C=O) groups excluding carboxylic acids is 2. The Balaban J connectivity index is 0. The highest BCUT2D eigenvalue weighted by atomic mass is 35.5. The Kier molecular flexibility index (Phi) is 10.5. The Morgan fingerprint density at radius 2 is 1.84 bits per heavy atom. The molecule has 1 atom stereocenters. The van der Waals surface area contributed by atoms with Crippen LogP contribution in [0.5, 0.6) is 0 Å². The molecule has 0 aliphatic carbocycles. The fraction of sp³-hybridized carbons (Fsp3) is 0.833. The monoisotopic (exact) mass is 297 g/mol. The second kappa shape index (κ2) is 9.86. The maximum Gasteiger partial charge on any atom is 0.407 e. The van der Waals surface area contributed by atoms with Gasteiger partial charge in [0, 0.05) is 6.54 Å². The zero-order valence-corrected chi connectivity index (χ0v) is 13.0. The lowest BCUT2D eigenvalue weighted by Crippen LogP contribution is -2.37. The van der Waals surface area contributed by atoms with E-state index in [1.165, 1.54) is 0 Å². The standard InChI is InChI=1S/C12H23NO5.ClH/c1-6-16-10(14)8-17-9(2)7-13-11(15)18-12(3,4)5;/h9H,6-8H2,1-5H3,(H,13,15);1H/t9-;/m0./s1. The molecule has 6 nitrogen and oxygen atoms in total. The lowest BCUT2D eigenvalue weighted by atomic mass is 10.2. The van der Waals surface area contributed by atoms with Crippen molar-refractivity contribution in [3.63, 3.8) is 0 Å². The van der Waals surface area contributed by atoms with Gasteiger partial charge in [-0.05, 0) is 34.6 Å². The topological polar surface area (TPSA) is 73.9 Å². The van der Waals surface area contributed by atoms with E-state index in [9.17, 15) is 9.59 Å². The summed E-state index contributed by atoms with van der Waals surface area (Å²) in [7, 11) is 0. The predicted molar refractivity (Wildman–Crippen MR) is 73.5 cm³/mol. The molecule has 114 valence electrons. The van der Waals surface area contributed by atoms with Gasteiger partial charge in [0.25, 0.3) is 0 Å². The molecule has 0 aromatic rings. The quantitative estimate of drug-likeness (QED) is 0.758. The van der Waals surface area contributed by atoms with Gasteiger partial charge in [0.2, 0.25) is 0 Å². The molecule has 0 saturated heterocycles. The average molecular weight is 298 g/mol. The van der Waals surface area contributed by atoms with E-state index in [-0.39, 0.29) is 31.7 Å². The van der Waals surface area contributed by atoms with E-state index in [1.807, 2.05) is 0 Å². The Hall–Kier alpha value is -1.01. The molecule has 0 aromatic carbocycles. The van der Waals surface area contributed by atoms with Gasteiger partial charge in [-0.25, -0.2) is 9.59 Å². The van der Waals surface area contributed by atoms with Crippen LogP contribution in [-0.4, -0.2) is 43.5 Å². The minimum atomic E-state index is -0.529. The van der Waals surface area contributed by atoms with E-state index >= 15 is 0 Å². The second-order valence-electron chi connectivity index (χ2n) is 4.81. The summed E-state index contributed by atoms with van der Waals surface area (Å²) in [5.41, 5.74) is -0.529. The first-order valence-electron chi connectivity index (χ1n) is 5.98. The van der Waals surface area contributed by atoms with Crippen molar-refractivity contribution < 1.29 is 23.8 Å². The van der Waals surface area contributed by atoms with Gasteiger partial charge in [0.15, 0.2) is 0 Å². The molecular formula is C12H24ClNO5. The molecule has 0 saturated carbocycles. The first-order valence-corrected chi connectivity index (χ1v) is 5.98. The molecule has 1 amide bonds. The number of hydrogen-bond acceptors (Lipinski definition) is 5. The maximum atomic E-state index is 11.3. The fourth-order valence-electron chi connectivity index (χ4n) is 1.01. The third kappa shape index (κ3) is 13.2. The molecule has 19 heavy (non-hydrogen) atoms. The van der Waals surface area contributed by atoms with E-state index in [0.717, 1.165) is 0 Å². The highest BCUT2D eigenvalue weighted by Gasteiger charge is 2.16. The van der Waals surface area contributed by atoms with Crippen molar-refractivity contribution in [2.24, 2.45) is 0 Å². The number of carbonyl (C=O) groups is 2. The van der Waals surface area contributed by atoms with Crippen molar-refractivity contribution in [2.45, 2.75) is 46.3 Å². The zero-order valence-electron chi connectivity index (χ0n) is 12.1. The second-order valence-corrected chi connectivity index (χ2v) is 4.81. The summed E-state index contributed by atoms with van der Waals surface area (Å²) < 4.78 is 15.0. The van der Waals surface area contributed by atoms with Gasteiger partial charge < -0.3 is 19.5 Å². The summed E-state index contributed by atoms with van der Waals surface area (Å²) in [6, 6.07) is 0. The summed E-state index contributed by atoms with van der Waals surface area (Å²) in [6.07, 6.45) is -0.795. The van der Waals surface area contributed by atoms with Gasteiger partial charge in [-0.1, -0.05) is 0 Å². The Bertz CT molecular complexity index is 278. The third-order valence-electron chi connectivity index (χ3n) is 1.72. The molecule has 0 bridgehead atoms. The van der Waals surface area contributed by atoms with Crippen molar-refractivity contribution in [3.05, 3.63) is 0 Å². The number of ether oxygens (including phenoxy) is 3. The molecule has 7 heteroatoms. The van der Waals surface area contributed by atoms with Crippen molar-refractivity contribution in [1.82, 2.24) is 5.32 Å². The van der Waals surface area contributed by atoms with Crippen LogP contribution in [0.1, 0.15) is 34.6 Å². The van der Waals surface area contributed by atoms with Crippen LogP contribution in [0.15, 0.2) is 0 Å². The van der Waals surface area contributed by atoms with E-state index in [2.05, 4.69) is 5.32 Å². The minimum absolute atomic E-state index is 0. The van der Waals surface area contributed by atoms with Crippen molar-refractivity contribution >= 4 is 24.5 Å². The Morgan fingerprint density at radius 3 is 2.32 bits per heavy atom. The molecule has 0 spiro atoms. The molecule has 0 unspecified atom stereocenters. The van der Waals surface area contributed by atoms with Crippen LogP contribution >= 0.6 is 12.4 Å². The molecule has 0 heterocycles. The van der Waals surface area contributed by atoms with Crippen molar-refractivity contribution in [1.29, 1.82) is 0 Å². The first kappa shape index (κ1) is 20.3. The van der Waals surface area contributed by atoms with Crippen molar-refractivity contribution in [2.75, 3.05) is 19.8 Å². The van der Waals surface area contributed by atoms with E-state index in [4.69, 9.17) is 14.2 Å². The molecule has 0 aromatic heterocycles. The van der Waals surface area contributed by atoms with Crippen LogP contribution in [0.4, 0.5) is 4.79 Å². The van der Waals surface area contributed by atoms with Gasteiger partial charge in [0.05, 0.1) is 12.7 Å². The molecular weight excluding hydrogens is 274 g/mol. The number of amides is 1. The molecule has 0 fully saturated rings. The molecule has 0 rings (SSSR count). The normalized spacial score (nSPS) is 12.1. The van der Waals surface area contributed by atoms with Gasteiger partial charge >= 0.3 is 12.1 Å². The van der Waals surface area contributed by atoms with Gasteiger partial charge in [-0.15, -0.1) is 12.4 Å². The summed E-state index contributed by atoms with van der Waals surface area (Å²) in [6.45, 7) is 9.31. The van der Waals surface area contributed by atoms with Gasteiger partial charge in [-0.2, -0.15) is 0 Å². The average Bonchev–Trinajstić information content (AvgIpc) is 2.21. The van der Waals surface area contributed by atoms with Crippen LogP contribution in [0.2, 0.25) is 0 Å². The van der Waals surface area contributed by atoms with Crippen LogP contribution in [0, 0.1) is 0 Å². The van der Waals surface area contributed by atoms with Crippen LogP contribution < -0.4 is 5.32 Å². The smallest absolute Gasteiger partial charge is 0.407 e. The lowest BCUT2D eigenvalue weighted by molar-refractivity contribution is -0.150. The van der Waals surface area contributed by atoms with E-state index in [0.29, 0.717) is 6.61 Å². The fourth-order valence-corrected chi connectivity index (χ4v) is 1.01. The number of hydrogen-bond donors (Lipinski definition) is 1. The predicted octanol–water partition coefficient (Wildman–Crippen LogP) is 1.90. The number of rotatable bonds is 6.